The van der Waals surface area contributed by atoms with Crippen molar-refractivity contribution in [1.29, 1.82) is 0 Å². The number of likely N-dealkylation sites (N-methyl/N-ethyl adjacent to an activating group) is 1. The van der Waals surface area contributed by atoms with Crippen LogP contribution in [0.1, 0.15) is 11.6 Å². The molecule has 4 nitrogen and oxygen atoms in total. The molecule has 0 aliphatic carbocycles. The molecule has 12 heavy (non-hydrogen) atoms. The van der Waals surface area contributed by atoms with Gasteiger partial charge < -0.3 is 9.73 Å². The average Bonchev–Trinajstić information content (AvgIpc) is 2.47. The number of aromatic nitrogens is 1. The number of hydrogen-bond acceptors (Lipinski definition) is 3. The van der Waals surface area contributed by atoms with Crippen molar-refractivity contribution >= 4 is 12.0 Å². The summed E-state index contributed by atoms with van der Waals surface area (Å²) in [7, 11) is 1.56. The summed E-state index contributed by atoms with van der Waals surface area (Å²) in [5, 5.41) is 2.45. The van der Waals surface area contributed by atoms with Crippen molar-refractivity contribution in [3.05, 3.63) is 23.9 Å². The van der Waals surface area contributed by atoms with E-state index in [4.69, 9.17) is 4.42 Å². The molecule has 0 atom stereocenters. The number of amides is 1. The van der Waals surface area contributed by atoms with Crippen molar-refractivity contribution < 1.29 is 9.21 Å². The Labute approximate surface area is 70.3 Å². The van der Waals surface area contributed by atoms with Crippen molar-refractivity contribution in [1.82, 2.24) is 10.3 Å². The number of hydrogen-bond donors (Lipinski definition) is 1. The predicted octanol–water partition coefficient (Wildman–Crippen LogP) is 0.742. The maximum Gasteiger partial charge on any atom is 0.243 e. The van der Waals surface area contributed by atoms with Crippen LogP contribution in [0.3, 0.4) is 0 Å². The Morgan fingerprint density at radius 1 is 1.75 bits per heavy atom. The fourth-order valence-corrected chi connectivity index (χ4v) is 0.679. The van der Waals surface area contributed by atoms with Crippen LogP contribution in [0.2, 0.25) is 0 Å². The first-order chi connectivity index (χ1) is 5.72. The minimum Gasteiger partial charge on any atom is -0.445 e. The van der Waals surface area contributed by atoms with Crippen LogP contribution in [-0.4, -0.2) is 17.9 Å². The van der Waals surface area contributed by atoms with E-state index in [2.05, 4.69) is 10.3 Å². The first-order valence-corrected chi connectivity index (χ1v) is 3.54. The van der Waals surface area contributed by atoms with E-state index in [-0.39, 0.29) is 5.91 Å². The Balaban J connectivity index is 2.63. The third-order valence-corrected chi connectivity index (χ3v) is 1.26. The molecule has 64 valence electrons. The van der Waals surface area contributed by atoms with E-state index in [1.807, 2.05) is 6.92 Å². The lowest BCUT2D eigenvalue weighted by atomic mass is 10.4. The molecule has 1 aromatic rings. The third kappa shape index (κ3) is 2.23. The molecule has 4 heteroatoms. The second-order valence-electron chi connectivity index (χ2n) is 2.27. The Kier molecular flexibility index (Phi) is 2.63. The predicted molar refractivity (Wildman–Crippen MR) is 44.3 cm³/mol. The Morgan fingerprint density at radius 3 is 3.00 bits per heavy atom. The number of rotatable bonds is 2. The van der Waals surface area contributed by atoms with Gasteiger partial charge in [-0.1, -0.05) is 0 Å². The van der Waals surface area contributed by atoms with E-state index in [1.165, 1.54) is 18.4 Å². The van der Waals surface area contributed by atoms with Gasteiger partial charge in [-0.2, -0.15) is 0 Å². The van der Waals surface area contributed by atoms with Gasteiger partial charge in [-0.3, -0.25) is 4.79 Å². The van der Waals surface area contributed by atoms with Gasteiger partial charge in [-0.15, -0.1) is 0 Å². The number of aryl methyl sites for hydroxylation is 1. The quantitative estimate of drug-likeness (QED) is 0.659. The van der Waals surface area contributed by atoms with Crippen LogP contribution >= 0.6 is 0 Å². The van der Waals surface area contributed by atoms with Crippen LogP contribution in [0.4, 0.5) is 0 Å². The molecule has 0 aromatic carbocycles. The van der Waals surface area contributed by atoms with Crippen molar-refractivity contribution in [2.45, 2.75) is 6.92 Å². The summed E-state index contributed by atoms with van der Waals surface area (Å²) in [5.41, 5.74) is 0.798. The van der Waals surface area contributed by atoms with Gasteiger partial charge in [0.1, 0.15) is 6.26 Å². The first kappa shape index (κ1) is 8.52. The Hall–Kier alpha value is -1.58. The first-order valence-electron chi connectivity index (χ1n) is 3.54. The second-order valence-corrected chi connectivity index (χ2v) is 2.27. The molecule has 1 rings (SSSR count). The molecule has 0 saturated heterocycles. The smallest absolute Gasteiger partial charge is 0.243 e. The fourth-order valence-electron chi connectivity index (χ4n) is 0.679. The molecule has 1 aromatic heterocycles. The van der Waals surface area contributed by atoms with Gasteiger partial charge in [-0.25, -0.2) is 4.98 Å². The van der Waals surface area contributed by atoms with Crippen LogP contribution < -0.4 is 5.32 Å². The highest BCUT2D eigenvalue weighted by Crippen LogP contribution is 2.01. The van der Waals surface area contributed by atoms with Gasteiger partial charge in [0.05, 0.1) is 5.69 Å². The molecule has 0 radical (unpaired) electrons. The average molecular weight is 166 g/mol. The summed E-state index contributed by atoms with van der Waals surface area (Å²) in [6.07, 6.45) is 4.42. The summed E-state index contributed by atoms with van der Waals surface area (Å²) in [6.45, 7) is 1.82. The highest BCUT2D eigenvalue weighted by Gasteiger charge is 1.95. The molecule has 0 aliphatic heterocycles. The topological polar surface area (TPSA) is 55.1 Å². The molecular weight excluding hydrogens is 156 g/mol. The molecule has 0 bridgehead atoms. The third-order valence-electron chi connectivity index (χ3n) is 1.26. The summed E-state index contributed by atoms with van der Waals surface area (Å²) < 4.78 is 4.98. The molecule has 1 N–H and O–H groups in total. The second kappa shape index (κ2) is 3.71. The van der Waals surface area contributed by atoms with Gasteiger partial charge >= 0.3 is 0 Å². The highest BCUT2D eigenvalue weighted by atomic mass is 16.3. The fraction of sp³-hybridized carbons (Fsp3) is 0.250. The maximum atomic E-state index is 10.7. The zero-order valence-corrected chi connectivity index (χ0v) is 7.00. The molecule has 0 aliphatic rings. The normalized spacial score (nSPS) is 10.5. The lowest BCUT2D eigenvalue weighted by Gasteiger charge is -1.86. The van der Waals surface area contributed by atoms with Crippen molar-refractivity contribution in [2.75, 3.05) is 7.05 Å². The molecular formula is C8H10N2O2. The SMILES string of the molecule is CNC(=O)/C=C/c1nc(C)co1. The van der Waals surface area contributed by atoms with Crippen LogP contribution in [0.15, 0.2) is 16.8 Å². The standard InChI is InChI=1S/C8H10N2O2/c1-6-5-12-8(10-6)4-3-7(11)9-2/h3-5H,1-2H3,(H,9,11)/b4-3+. The van der Waals surface area contributed by atoms with Gasteiger partial charge in [0, 0.05) is 19.2 Å². The molecule has 0 fully saturated rings. The Bertz CT molecular complexity index is 302. The van der Waals surface area contributed by atoms with E-state index < -0.39 is 0 Å². The minimum atomic E-state index is -0.175. The van der Waals surface area contributed by atoms with Crippen LogP contribution in [0.25, 0.3) is 6.08 Å². The van der Waals surface area contributed by atoms with Crippen molar-refractivity contribution in [2.24, 2.45) is 0 Å². The van der Waals surface area contributed by atoms with Gasteiger partial charge in [0.15, 0.2) is 0 Å². The molecule has 0 unspecified atom stereocenters. The number of carbonyl (C=O) groups excluding carboxylic acids is 1. The highest BCUT2D eigenvalue weighted by molar-refractivity contribution is 5.90. The maximum absolute atomic E-state index is 10.7. The van der Waals surface area contributed by atoms with Crippen LogP contribution in [-0.2, 0) is 4.79 Å². The largest absolute Gasteiger partial charge is 0.445 e. The number of carbonyl (C=O) groups is 1. The van der Waals surface area contributed by atoms with E-state index in [0.717, 1.165) is 5.69 Å². The zero-order chi connectivity index (χ0) is 8.97. The van der Waals surface area contributed by atoms with Gasteiger partial charge in [0.2, 0.25) is 11.8 Å². The van der Waals surface area contributed by atoms with Crippen molar-refractivity contribution in [3.63, 3.8) is 0 Å². The minimum absolute atomic E-state index is 0.175. The van der Waals surface area contributed by atoms with E-state index >= 15 is 0 Å². The number of nitrogens with zero attached hydrogens (tertiary/aromatic N) is 1. The van der Waals surface area contributed by atoms with Gasteiger partial charge in [0.25, 0.3) is 0 Å². The molecule has 0 spiro atoms. The van der Waals surface area contributed by atoms with Crippen LogP contribution in [0.5, 0.6) is 0 Å². The summed E-state index contributed by atoms with van der Waals surface area (Å²) >= 11 is 0. The van der Waals surface area contributed by atoms with E-state index in [9.17, 15) is 4.79 Å². The van der Waals surface area contributed by atoms with E-state index in [0.29, 0.717) is 5.89 Å². The lowest BCUT2D eigenvalue weighted by Crippen LogP contribution is -2.13. The molecule has 0 saturated carbocycles. The Morgan fingerprint density at radius 2 is 2.50 bits per heavy atom. The van der Waals surface area contributed by atoms with Gasteiger partial charge in [-0.05, 0) is 6.92 Å². The zero-order valence-electron chi connectivity index (χ0n) is 7.00. The number of oxazole rings is 1. The summed E-state index contributed by atoms with van der Waals surface area (Å²) in [6, 6.07) is 0. The van der Waals surface area contributed by atoms with E-state index in [1.54, 1.807) is 7.05 Å². The lowest BCUT2D eigenvalue weighted by molar-refractivity contribution is -0.115. The molecule has 1 heterocycles. The number of nitrogens with one attached hydrogen (secondary N) is 1. The molecule has 1 amide bonds. The summed E-state index contributed by atoms with van der Waals surface area (Å²) in [5.74, 6) is 0.266. The van der Waals surface area contributed by atoms with Crippen molar-refractivity contribution in [3.8, 4) is 0 Å². The van der Waals surface area contributed by atoms with Crippen LogP contribution in [0, 0.1) is 6.92 Å². The summed E-state index contributed by atoms with van der Waals surface area (Å²) in [4.78, 5) is 14.7. The monoisotopic (exact) mass is 166 g/mol.